The summed E-state index contributed by atoms with van der Waals surface area (Å²) in [6.45, 7) is 2.57. The smallest absolute Gasteiger partial charge is 0.330 e. The lowest BCUT2D eigenvalue weighted by Gasteiger charge is -2.50. The van der Waals surface area contributed by atoms with Crippen LogP contribution in [0, 0.1) is 11.8 Å². The molecule has 41 heavy (non-hydrogen) atoms. The standard InChI is InChI=1S/C34H35N3O4/c1-2-3-4-8-15-26-22-37(33(40)35-32(26)39)31-24-36(23-30(25-38)41-31)34(27-16-9-5-10-17-27,28-18-11-6-12-19-28)29-20-13-7-14-21-29/h5-7,9-14,16-22,30-31,38H,2-4,23-25H2,1H3,(H,35,39,40). The molecular formula is C34H35N3O4. The van der Waals surface area contributed by atoms with Gasteiger partial charge in [0, 0.05) is 25.7 Å². The van der Waals surface area contributed by atoms with Crippen LogP contribution in [0.3, 0.4) is 0 Å². The molecule has 5 rings (SSSR count). The van der Waals surface area contributed by atoms with Crippen molar-refractivity contribution in [3.05, 3.63) is 140 Å². The Labute approximate surface area is 240 Å². The highest BCUT2D eigenvalue weighted by atomic mass is 16.5. The van der Waals surface area contributed by atoms with E-state index >= 15 is 0 Å². The number of aliphatic hydroxyl groups is 1. The molecule has 0 aliphatic carbocycles. The number of hydrogen-bond acceptors (Lipinski definition) is 5. The minimum Gasteiger partial charge on any atom is -0.394 e. The van der Waals surface area contributed by atoms with Gasteiger partial charge in [0.25, 0.3) is 5.56 Å². The number of benzene rings is 3. The van der Waals surface area contributed by atoms with E-state index in [0.717, 1.165) is 29.5 Å². The molecule has 1 aliphatic rings. The Morgan fingerprint density at radius 3 is 1.98 bits per heavy atom. The van der Waals surface area contributed by atoms with Crippen LogP contribution >= 0.6 is 0 Å². The second-order valence-electron chi connectivity index (χ2n) is 10.2. The molecule has 1 saturated heterocycles. The number of H-pyrrole nitrogens is 1. The molecule has 0 bridgehead atoms. The van der Waals surface area contributed by atoms with Gasteiger partial charge in [-0.3, -0.25) is 19.2 Å². The molecule has 0 radical (unpaired) electrons. The minimum absolute atomic E-state index is 0.211. The van der Waals surface area contributed by atoms with Crippen LogP contribution in [0.5, 0.6) is 0 Å². The summed E-state index contributed by atoms with van der Waals surface area (Å²) < 4.78 is 7.67. The molecule has 3 aromatic carbocycles. The summed E-state index contributed by atoms with van der Waals surface area (Å²) in [5, 5.41) is 10.4. The number of aromatic nitrogens is 2. The molecule has 2 atom stereocenters. The van der Waals surface area contributed by atoms with Crippen molar-refractivity contribution in [1.82, 2.24) is 14.5 Å². The Bertz CT molecular complexity index is 1510. The van der Waals surface area contributed by atoms with E-state index in [9.17, 15) is 14.7 Å². The van der Waals surface area contributed by atoms with Crippen molar-refractivity contribution in [2.45, 2.75) is 44.1 Å². The van der Waals surface area contributed by atoms with Crippen LogP contribution in [0.25, 0.3) is 0 Å². The molecule has 210 valence electrons. The van der Waals surface area contributed by atoms with Crippen molar-refractivity contribution < 1.29 is 9.84 Å². The molecular weight excluding hydrogens is 514 g/mol. The van der Waals surface area contributed by atoms with E-state index in [4.69, 9.17) is 4.74 Å². The van der Waals surface area contributed by atoms with Crippen LogP contribution in [0.4, 0.5) is 0 Å². The highest BCUT2D eigenvalue weighted by Gasteiger charge is 2.46. The van der Waals surface area contributed by atoms with Gasteiger partial charge in [0.05, 0.1) is 18.2 Å². The molecule has 1 aliphatic heterocycles. The third-order valence-electron chi connectivity index (χ3n) is 7.56. The average molecular weight is 550 g/mol. The largest absolute Gasteiger partial charge is 0.394 e. The number of aliphatic hydroxyl groups excluding tert-OH is 1. The van der Waals surface area contributed by atoms with Crippen molar-refractivity contribution in [1.29, 1.82) is 0 Å². The van der Waals surface area contributed by atoms with Gasteiger partial charge in [-0.05, 0) is 23.1 Å². The van der Waals surface area contributed by atoms with E-state index in [0.29, 0.717) is 19.5 Å². The first-order valence-corrected chi connectivity index (χ1v) is 14.1. The molecule has 2 heterocycles. The van der Waals surface area contributed by atoms with E-state index in [1.165, 1.54) is 10.8 Å². The Morgan fingerprint density at radius 1 is 0.902 bits per heavy atom. The number of ether oxygens (including phenoxy) is 1. The summed E-state index contributed by atoms with van der Waals surface area (Å²) in [6.07, 6.45) is 2.73. The predicted octanol–water partition coefficient (Wildman–Crippen LogP) is 4.26. The topological polar surface area (TPSA) is 87.6 Å². The number of aromatic amines is 1. The lowest BCUT2D eigenvalue weighted by molar-refractivity contribution is -0.151. The number of unbranched alkanes of at least 4 members (excludes halogenated alkanes) is 2. The highest BCUT2D eigenvalue weighted by molar-refractivity contribution is 5.49. The maximum atomic E-state index is 13.1. The molecule has 7 heteroatoms. The zero-order valence-electron chi connectivity index (χ0n) is 23.2. The van der Waals surface area contributed by atoms with Crippen LogP contribution < -0.4 is 11.2 Å². The average Bonchev–Trinajstić information content (AvgIpc) is 3.02. The molecule has 2 N–H and O–H groups in total. The quantitative estimate of drug-likeness (QED) is 0.195. The lowest BCUT2D eigenvalue weighted by atomic mass is 9.75. The van der Waals surface area contributed by atoms with E-state index in [2.05, 4.69) is 65.0 Å². The summed E-state index contributed by atoms with van der Waals surface area (Å²) in [7, 11) is 0. The SMILES string of the molecule is CCCCC#Cc1cn(C2CN(C(c3ccccc3)(c3ccccc3)c3ccccc3)CC(CO)O2)c(=O)[nH]c1=O. The molecule has 0 spiro atoms. The van der Waals surface area contributed by atoms with Crippen molar-refractivity contribution in [3.8, 4) is 11.8 Å². The highest BCUT2D eigenvalue weighted by Crippen LogP contribution is 2.44. The number of morpholine rings is 1. The second kappa shape index (κ2) is 13.0. The van der Waals surface area contributed by atoms with Gasteiger partial charge in [-0.25, -0.2) is 4.79 Å². The lowest BCUT2D eigenvalue weighted by Crippen LogP contribution is -2.58. The predicted molar refractivity (Wildman–Crippen MR) is 160 cm³/mol. The first kappa shape index (κ1) is 28.3. The zero-order valence-corrected chi connectivity index (χ0v) is 23.2. The van der Waals surface area contributed by atoms with Crippen molar-refractivity contribution >= 4 is 0 Å². The number of nitrogens with one attached hydrogen (secondary N) is 1. The van der Waals surface area contributed by atoms with Crippen molar-refractivity contribution in [2.24, 2.45) is 0 Å². The minimum atomic E-state index is -0.781. The Hall–Kier alpha value is -4.22. The summed E-state index contributed by atoms with van der Waals surface area (Å²) in [5.41, 5.74) is 1.50. The van der Waals surface area contributed by atoms with Gasteiger partial charge in [-0.2, -0.15) is 0 Å². The summed E-state index contributed by atoms with van der Waals surface area (Å²) >= 11 is 0. The van der Waals surface area contributed by atoms with Crippen molar-refractivity contribution in [2.75, 3.05) is 19.7 Å². The normalized spacial score (nSPS) is 17.5. The zero-order chi connectivity index (χ0) is 28.7. The van der Waals surface area contributed by atoms with E-state index in [-0.39, 0.29) is 12.2 Å². The summed E-state index contributed by atoms with van der Waals surface area (Å²) in [6, 6.07) is 30.7. The molecule has 1 aromatic heterocycles. The van der Waals surface area contributed by atoms with E-state index in [1.807, 2.05) is 54.6 Å². The maximum Gasteiger partial charge on any atom is 0.330 e. The Kier molecular flexibility index (Phi) is 8.95. The van der Waals surface area contributed by atoms with Crippen molar-refractivity contribution in [3.63, 3.8) is 0 Å². The fourth-order valence-electron chi connectivity index (χ4n) is 5.64. The maximum absolute atomic E-state index is 13.1. The molecule has 0 saturated carbocycles. The van der Waals surface area contributed by atoms with E-state index in [1.54, 1.807) is 0 Å². The molecule has 4 aromatic rings. The second-order valence-corrected chi connectivity index (χ2v) is 10.2. The summed E-state index contributed by atoms with van der Waals surface area (Å²) in [5.74, 6) is 5.96. The van der Waals surface area contributed by atoms with E-state index < -0.39 is 29.1 Å². The first-order valence-electron chi connectivity index (χ1n) is 14.1. The monoisotopic (exact) mass is 549 g/mol. The summed E-state index contributed by atoms with van der Waals surface area (Å²) in [4.78, 5) is 30.4. The number of rotatable bonds is 8. The fourth-order valence-corrected chi connectivity index (χ4v) is 5.64. The van der Waals surface area contributed by atoms with Crippen LogP contribution in [0.1, 0.15) is 54.7 Å². The Morgan fingerprint density at radius 2 is 1.46 bits per heavy atom. The molecule has 7 nitrogen and oxygen atoms in total. The van der Waals surface area contributed by atoms with Gasteiger partial charge in [-0.15, -0.1) is 0 Å². The van der Waals surface area contributed by atoms with Crippen LogP contribution in [0.2, 0.25) is 0 Å². The number of nitrogens with zero attached hydrogens (tertiary/aromatic N) is 2. The van der Waals surface area contributed by atoms with Crippen LogP contribution in [-0.4, -0.2) is 45.4 Å². The van der Waals surface area contributed by atoms with Gasteiger partial charge >= 0.3 is 5.69 Å². The number of hydrogen-bond donors (Lipinski definition) is 2. The third-order valence-corrected chi connectivity index (χ3v) is 7.56. The molecule has 1 fully saturated rings. The van der Waals surface area contributed by atoms with Gasteiger partial charge in [0.2, 0.25) is 0 Å². The van der Waals surface area contributed by atoms with Gasteiger partial charge in [0.1, 0.15) is 5.56 Å². The van der Waals surface area contributed by atoms with Gasteiger partial charge < -0.3 is 9.84 Å². The first-order chi connectivity index (χ1) is 20.1. The van der Waals surface area contributed by atoms with Gasteiger partial charge in [-0.1, -0.05) is 116 Å². The molecule has 0 amide bonds. The van der Waals surface area contributed by atoms with Crippen LogP contribution in [0.15, 0.2) is 107 Å². The Balaban J connectivity index is 1.67. The van der Waals surface area contributed by atoms with Gasteiger partial charge in [0.15, 0.2) is 6.23 Å². The molecule has 2 unspecified atom stereocenters. The third kappa shape index (κ3) is 5.82. The fraction of sp³-hybridized carbons (Fsp3) is 0.294. The van der Waals surface area contributed by atoms with Crippen LogP contribution in [-0.2, 0) is 10.3 Å².